The molecule has 0 aliphatic rings. The van der Waals surface area contributed by atoms with Crippen LogP contribution in [0.1, 0.15) is 146 Å². The second kappa shape index (κ2) is 25.0. The SMILES string of the molecule is CCC(C(=O)O)C(CCC(C(CC)C(=O)O)(C(CC)C(=O)O)C(C(CC)C(=O)O)(C(CC)C(=O)O)C(C(CC)C(=O)O)(C(CC)C(=O)O)C(CC)C(=O)O)(C(CC)C(=O)O)C(CC)C(=O)O. The van der Waals surface area contributed by atoms with Crippen molar-refractivity contribution in [2.75, 3.05) is 0 Å². The van der Waals surface area contributed by atoms with Gasteiger partial charge in [0.25, 0.3) is 0 Å². The molecule has 0 aromatic heterocycles. The van der Waals surface area contributed by atoms with Gasteiger partial charge >= 0.3 is 59.7 Å². The van der Waals surface area contributed by atoms with Crippen molar-refractivity contribution in [3.63, 3.8) is 0 Å². The Bertz CT molecular complexity index is 1610. The summed E-state index contributed by atoms with van der Waals surface area (Å²) in [5.74, 6) is -41.9. The third-order valence-electron chi connectivity index (χ3n) is 15.5. The van der Waals surface area contributed by atoms with E-state index in [1.54, 1.807) is 0 Å². The van der Waals surface area contributed by atoms with Gasteiger partial charge in [0.05, 0.1) is 59.2 Å². The van der Waals surface area contributed by atoms with Crippen LogP contribution in [0.4, 0.5) is 0 Å². The number of carbonyl (C=O) groups is 10. The molecule has 10 unspecified atom stereocenters. The molecule has 0 rings (SSSR count). The van der Waals surface area contributed by atoms with Crippen LogP contribution >= 0.6 is 0 Å². The van der Waals surface area contributed by atoms with Gasteiger partial charge in [0.2, 0.25) is 0 Å². The van der Waals surface area contributed by atoms with E-state index >= 15 is 0 Å². The van der Waals surface area contributed by atoms with E-state index in [0.717, 1.165) is 0 Å². The molecule has 0 aromatic rings. The van der Waals surface area contributed by atoms with Crippen molar-refractivity contribution in [1.29, 1.82) is 0 Å². The number of hydrogen-bond donors (Lipinski definition) is 10. The lowest BCUT2D eigenvalue weighted by Gasteiger charge is -2.71. The Labute approximate surface area is 385 Å². The summed E-state index contributed by atoms with van der Waals surface area (Å²) in [7, 11) is 0. The molecule has 66 heavy (non-hydrogen) atoms. The van der Waals surface area contributed by atoms with Gasteiger partial charge in [-0.25, -0.2) is 0 Å². The van der Waals surface area contributed by atoms with Crippen LogP contribution in [-0.2, 0) is 47.9 Å². The number of carboxylic acid groups (broad SMARTS) is 10. The maximum absolute atomic E-state index is 14.5. The van der Waals surface area contributed by atoms with E-state index in [-0.39, 0.29) is 0 Å². The Hall–Kier alpha value is -5.30. The molecular formula is C46H74O20. The van der Waals surface area contributed by atoms with E-state index in [4.69, 9.17) is 0 Å². The number of carboxylic acids is 10. The monoisotopic (exact) mass is 946 g/mol. The van der Waals surface area contributed by atoms with Crippen molar-refractivity contribution in [3.8, 4) is 0 Å². The van der Waals surface area contributed by atoms with E-state index < -0.39 is 218 Å². The molecule has 0 amide bonds. The first-order valence-electron chi connectivity index (χ1n) is 22.9. The molecular weight excluding hydrogens is 872 g/mol. The minimum atomic E-state index is -3.47. The zero-order chi connectivity index (χ0) is 52.0. The molecule has 0 aliphatic heterocycles. The van der Waals surface area contributed by atoms with Crippen molar-refractivity contribution in [2.24, 2.45) is 80.8 Å². The molecule has 10 atom stereocenters. The summed E-state index contributed by atoms with van der Waals surface area (Å²) in [6.45, 7) is 12.2. The minimum absolute atomic E-state index is 0.485. The molecule has 10 N–H and O–H groups in total. The molecule has 0 spiro atoms. The molecule has 0 aromatic carbocycles. The topological polar surface area (TPSA) is 373 Å². The molecule has 0 saturated carbocycles. The van der Waals surface area contributed by atoms with E-state index in [1.807, 2.05) is 0 Å². The van der Waals surface area contributed by atoms with E-state index in [2.05, 4.69) is 0 Å². The summed E-state index contributed by atoms with van der Waals surface area (Å²) in [6, 6.07) is 0. The second-order valence-corrected chi connectivity index (χ2v) is 17.4. The Morgan fingerprint density at radius 3 is 0.606 bits per heavy atom. The first-order valence-corrected chi connectivity index (χ1v) is 22.9. The molecule has 0 fully saturated rings. The predicted octanol–water partition coefficient (Wildman–Crippen LogP) is 6.82. The van der Waals surface area contributed by atoms with Gasteiger partial charge in [-0.3, -0.25) is 47.9 Å². The van der Waals surface area contributed by atoms with Gasteiger partial charge in [0, 0.05) is 21.7 Å². The lowest BCUT2D eigenvalue weighted by molar-refractivity contribution is -0.282. The highest BCUT2D eigenvalue weighted by molar-refractivity contribution is 5.86. The van der Waals surface area contributed by atoms with Gasteiger partial charge in [-0.1, -0.05) is 69.2 Å². The maximum Gasteiger partial charge on any atom is 0.307 e. The van der Waals surface area contributed by atoms with Gasteiger partial charge in [0.1, 0.15) is 0 Å². The van der Waals surface area contributed by atoms with Crippen LogP contribution in [0.15, 0.2) is 0 Å². The highest BCUT2D eigenvalue weighted by Gasteiger charge is 2.81. The average Bonchev–Trinajstić information content (AvgIpc) is 3.19. The van der Waals surface area contributed by atoms with Crippen molar-refractivity contribution < 1.29 is 99.0 Å². The summed E-state index contributed by atoms with van der Waals surface area (Å²) in [4.78, 5) is 141. The largest absolute Gasteiger partial charge is 0.481 e. The number of rotatable bonds is 35. The van der Waals surface area contributed by atoms with E-state index in [1.165, 1.54) is 69.2 Å². The highest BCUT2D eigenvalue weighted by atomic mass is 16.4. The zero-order valence-corrected chi connectivity index (χ0v) is 39.8. The zero-order valence-electron chi connectivity index (χ0n) is 39.8. The fourth-order valence-corrected chi connectivity index (χ4v) is 13.9. The van der Waals surface area contributed by atoms with Gasteiger partial charge in [-0.2, -0.15) is 0 Å². The van der Waals surface area contributed by atoms with Crippen LogP contribution in [-0.4, -0.2) is 111 Å². The van der Waals surface area contributed by atoms with Crippen LogP contribution in [0.5, 0.6) is 0 Å². The Kier molecular flexibility index (Phi) is 23.0. The summed E-state index contributed by atoms with van der Waals surface area (Å²) in [5, 5.41) is 114. The summed E-state index contributed by atoms with van der Waals surface area (Å²) in [5.41, 5.74) is -12.6. The van der Waals surface area contributed by atoms with Gasteiger partial charge in [-0.15, -0.1) is 0 Å². The summed E-state index contributed by atoms with van der Waals surface area (Å²) < 4.78 is 0. The molecule has 0 aliphatic carbocycles. The number of aliphatic carboxylic acids is 10. The maximum atomic E-state index is 14.5. The van der Waals surface area contributed by atoms with Crippen molar-refractivity contribution in [1.82, 2.24) is 0 Å². The molecule has 20 heteroatoms. The standard InChI is InChI=1S/C46H74O20/c1-11-23(33(47)48)43(24(12-2)34(49)50,25(13-3)35(51)52)21-22-44(26(14-4)36(53)54,27(15-5)37(55)56)46(31(19-9)41(63)64,32(20-10)42(65)66)45(28(16-6)38(57)58,29(17-7)39(59)60)30(18-8)40(61)62/h23-32H,11-22H2,1-10H3,(H,47,48)(H,49,50)(H,51,52)(H,53,54)(H,55,56)(H,57,58)(H,59,60)(H,61,62)(H,63,64)(H,65,66). The van der Waals surface area contributed by atoms with Crippen LogP contribution in [0.2, 0.25) is 0 Å². The molecule has 0 radical (unpaired) electrons. The molecule has 0 saturated heterocycles. The third kappa shape index (κ3) is 10.0. The second-order valence-electron chi connectivity index (χ2n) is 17.4. The van der Waals surface area contributed by atoms with Crippen LogP contribution in [0, 0.1) is 80.8 Å². The average molecular weight is 947 g/mol. The lowest BCUT2D eigenvalue weighted by Crippen LogP contribution is -2.76. The molecule has 378 valence electrons. The van der Waals surface area contributed by atoms with Crippen molar-refractivity contribution >= 4 is 59.7 Å². The fourth-order valence-electron chi connectivity index (χ4n) is 13.9. The van der Waals surface area contributed by atoms with E-state index in [0.29, 0.717) is 0 Å². The van der Waals surface area contributed by atoms with E-state index in [9.17, 15) is 99.0 Å². The fraction of sp³-hybridized carbons (Fsp3) is 0.783. The normalized spacial score (nSPS) is 20.0. The van der Waals surface area contributed by atoms with Gasteiger partial charge < -0.3 is 51.1 Å². The van der Waals surface area contributed by atoms with Crippen LogP contribution in [0.3, 0.4) is 0 Å². The summed E-state index contributed by atoms with van der Waals surface area (Å²) in [6.07, 6.45) is -9.25. The minimum Gasteiger partial charge on any atom is -0.481 e. The third-order valence-corrected chi connectivity index (χ3v) is 15.5. The predicted molar refractivity (Wildman–Crippen MR) is 233 cm³/mol. The van der Waals surface area contributed by atoms with Gasteiger partial charge in [-0.05, 0) is 77.0 Å². The lowest BCUT2D eigenvalue weighted by atomic mass is 9.28. The van der Waals surface area contributed by atoms with Crippen molar-refractivity contribution in [3.05, 3.63) is 0 Å². The van der Waals surface area contributed by atoms with Crippen LogP contribution < -0.4 is 0 Å². The Balaban J connectivity index is 11.7. The Morgan fingerprint density at radius 2 is 0.455 bits per heavy atom. The first-order chi connectivity index (χ1) is 30.6. The Morgan fingerprint density at radius 1 is 0.273 bits per heavy atom. The van der Waals surface area contributed by atoms with Gasteiger partial charge in [0.15, 0.2) is 0 Å². The summed E-state index contributed by atoms with van der Waals surface area (Å²) >= 11 is 0. The number of hydrogen-bond acceptors (Lipinski definition) is 10. The quantitative estimate of drug-likeness (QED) is 0.0311. The first kappa shape index (κ1) is 60.7. The molecule has 0 bridgehead atoms. The molecule has 0 heterocycles. The highest BCUT2D eigenvalue weighted by Crippen LogP contribution is 2.77. The van der Waals surface area contributed by atoms with Crippen LogP contribution in [0.25, 0.3) is 0 Å². The van der Waals surface area contributed by atoms with Crippen molar-refractivity contribution in [2.45, 2.75) is 146 Å². The molecule has 20 nitrogen and oxygen atoms in total. The smallest absolute Gasteiger partial charge is 0.307 e.